The van der Waals surface area contributed by atoms with Crippen molar-refractivity contribution in [1.29, 1.82) is 0 Å². The zero-order valence-corrected chi connectivity index (χ0v) is 15.9. The van der Waals surface area contributed by atoms with Gasteiger partial charge in [-0.1, -0.05) is 50.1 Å². The Morgan fingerprint density at radius 1 is 1.00 bits per heavy atom. The molecule has 0 spiro atoms. The molecule has 1 saturated carbocycles. The van der Waals surface area contributed by atoms with Gasteiger partial charge in [-0.25, -0.2) is 8.78 Å². The lowest BCUT2D eigenvalue weighted by atomic mass is 9.77. The van der Waals surface area contributed by atoms with Crippen LogP contribution in [0.2, 0.25) is 0 Å². The number of allylic oxidation sites excluding steroid dienone is 2. The third-order valence-corrected chi connectivity index (χ3v) is 5.87. The standard InChI is InChI=1S/C23H30F2O/c1-3-5-16-6-8-17(9-7-16)18-10-12-19(13-11-18)20-14-15-21(26-4-2)23(25)22(20)24/h10-14,16-17,21H,3-9,15H2,1-2H3. The third-order valence-electron chi connectivity index (χ3n) is 5.87. The summed E-state index contributed by atoms with van der Waals surface area (Å²) in [5.74, 6) is -0.0504. The van der Waals surface area contributed by atoms with Crippen LogP contribution in [0.4, 0.5) is 8.78 Å². The predicted octanol–water partition coefficient (Wildman–Crippen LogP) is 7.10. The molecule has 2 aliphatic rings. The van der Waals surface area contributed by atoms with Crippen LogP contribution in [-0.4, -0.2) is 12.7 Å². The number of ether oxygens (including phenoxy) is 1. The monoisotopic (exact) mass is 360 g/mol. The maximum absolute atomic E-state index is 14.4. The number of benzene rings is 1. The third kappa shape index (κ3) is 4.25. The van der Waals surface area contributed by atoms with Gasteiger partial charge >= 0.3 is 0 Å². The van der Waals surface area contributed by atoms with Crippen molar-refractivity contribution >= 4 is 5.57 Å². The van der Waals surface area contributed by atoms with E-state index in [4.69, 9.17) is 4.74 Å². The summed E-state index contributed by atoms with van der Waals surface area (Å²) >= 11 is 0. The summed E-state index contributed by atoms with van der Waals surface area (Å²) in [5, 5.41) is 0. The van der Waals surface area contributed by atoms with Crippen LogP contribution in [0.1, 0.15) is 75.8 Å². The molecule has 3 heteroatoms. The predicted molar refractivity (Wildman–Crippen MR) is 103 cm³/mol. The zero-order valence-electron chi connectivity index (χ0n) is 15.9. The number of hydrogen-bond acceptors (Lipinski definition) is 1. The van der Waals surface area contributed by atoms with Gasteiger partial charge in [-0.2, -0.15) is 0 Å². The lowest BCUT2D eigenvalue weighted by Crippen LogP contribution is -2.17. The van der Waals surface area contributed by atoms with Gasteiger partial charge in [-0.3, -0.25) is 0 Å². The van der Waals surface area contributed by atoms with Gasteiger partial charge in [0.2, 0.25) is 0 Å². The molecule has 0 bridgehead atoms. The molecule has 1 nitrogen and oxygen atoms in total. The molecular formula is C23H30F2O. The van der Waals surface area contributed by atoms with Crippen LogP contribution in [-0.2, 0) is 4.74 Å². The molecule has 0 aliphatic heterocycles. The van der Waals surface area contributed by atoms with Crippen LogP contribution in [0.15, 0.2) is 42.0 Å². The highest BCUT2D eigenvalue weighted by Crippen LogP contribution is 2.39. The highest BCUT2D eigenvalue weighted by Gasteiger charge is 2.27. The maximum Gasteiger partial charge on any atom is 0.165 e. The van der Waals surface area contributed by atoms with Crippen LogP contribution in [0, 0.1) is 5.92 Å². The fraction of sp³-hybridized carbons (Fsp3) is 0.565. The van der Waals surface area contributed by atoms with Gasteiger partial charge < -0.3 is 4.74 Å². The first kappa shape index (κ1) is 19.3. The SMILES string of the molecule is CCCC1CCC(c2ccc(C3=CCC(OCC)C(F)=C3F)cc2)CC1. The number of halogens is 2. The molecule has 0 amide bonds. The topological polar surface area (TPSA) is 9.23 Å². The normalized spacial score (nSPS) is 26.8. The summed E-state index contributed by atoms with van der Waals surface area (Å²) in [6, 6.07) is 8.07. The van der Waals surface area contributed by atoms with E-state index in [9.17, 15) is 8.78 Å². The Kier molecular flexibility index (Phi) is 6.63. The molecule has 1 atom stereocenters. The minimum absolute atomic E-state index is 0.358. The molecule has 1 unspecified atom stereocenters. The Balaban J connectivity index is 1.67. The van der Waals surface area contributed by atoms with Crippen LogP contribution in [0.5, 0.6) is 0 Å². The molecule has 0 heterocycles. The smallest absolute Gasteiger partial charge is 0.165 e. The quantitative estimate of drug-likeness (QED) is 0.525. The van der Waals surface area contributed by atoms with Crippen molar-refractivity contribution in [3.8, 4) is 0 Å². The lowest BCUT2D eigenvalue weighted by Gasteiger charge is -2.28. The first-order valence-corrected chi connectivity index (χ1v) is 10.1. The minimum atomic E-state index is -0.777. The van der Waals surface area contributed by atoms with Crippen molar-refractivity contribution in [2.45, 2.75) is 70.8 Å². The summed E-state index contributed by atoms with van der Waals surface area (Å²) < 4.78 is 33.9. The van der Waals surface area contributed by atoms with Gasteiger partial charge in [0, 0.05) is 12.2 Å². The first-order valence-electron chi connectivity index (χ1n) is 10.1. The second-order valence-corrected chi connectivity index (χ2v) is 7.59. The van der Waals surface area contributed by atoms with E-state index in [0.717, 1.165) is 11.5 Å². The van der Waals surface area contributed by atoms with E-state index in [1.807, 2.05) is 12.1 Å². The number of hydrogen-bond donors (Lipinski definition) is 0. The summed E-state index contributed by atoms with van der Waals surface area (Å²) in [7, 11) is 0. The molecule has 0 radical (unpaired) electrons. The molecule has 0 aromatic heterocycles. The van der Waals surface area contributed by atoms with Gasteiger partial charge in [0.15, 0.2) is 11.7 Å². The largest absolute Gasteiger partial charge is 0.371 e. The van der Waals surface area contributed by atoms with E-state index in [1.165, 1.54) is 44.1 Å². The average molecular weight is 360 g/mol. The van der Waals surface area contributed by atoms with Crippen molar-refractivity contribution in [2.75, 3.05) is 6.61 Å². The van der Waals surface area contributed by atoms with E-state index in [0.29, 0.717) is 24.5 Å². The lowest BCUT2D eigenvalue weighted by molar-refractivity contribution is 0.0710. The zero-order chi connectivity index (χ0) is 18.5. The van der Waals surface area contributed by atoms with E-state index in [1.54, 1.807) is 13.0 Å². The minimum Gasteiger partial charge on any atom is -0.371 e. The highest BCUT2D eigenvalue weighted by atomic mass is 19.2. The molecule has 1 aromatic rings. The van der Waals surface area contributed by atoms with E-state index < -0.39 is 17.8 Å². The highest BCUT2D eigenvalue weighted by molar-refractivity contribution is 5.78. The number of rotatable bonds is 6. The molecule has 1 fully saturated rings. The summed E-state index contributed by atoms with van der Waals surface area (Å²) in [4.78, 5) is 0. The summed E-state index contributed by atoms with van der Waals surface area (Å²) in [5.41, 5.74) is 2.44. The molecule has 2 aliphatic carbocycles. The second-order valence-electron chi connectivity index (χ2n) is 7.59. The molecule has 26 heavy (non-hydrogen) atoms. The van der Waals surface area contributed by atoms with Crippen molar-refractivity contribution in [3.63, 3.8) is 0 Å². The van der Waals surface area contributed by atoms with Crippen LogP contribution < -0.4 is 0 Å². The van der Waals surface area contributed by atoms with E-state index in [-0.39, 0.29) is 0 Å². The second kappa shape index (κ2) is 8.94. The maximum atomic E-state index is 14.4. The van der Waals surface area contributed by atoms with E-state index in [2.05, 4.69) is 19.1 Å². The van der Waals surface area contributed by atoms with Gasteiger partial charge in [-0.15, -0.1) is 0 Å². The van der Waals surface area contributed by atoms with Crippen LogP contribution in [0.25, 0.3) is 5.57 Å². The van der Waals surface area contributed by atoms with Crippen molar-refractivity contribution in [3.05, 3.63) is 53.1 Å². The molecule has 0 saturated heterocycles. The van der Waals surface area contributed by atoms with E-state index >= 15 is 0 Å². The fourth-order valence-electron chi connectivity index (χ4n) is 4.40. The van der Waals surface area contributed by atoms with Crippen LogP contribution >= 0.6 is 0 Å². The Morgan fingerprint density at radius 3 is 2.31 bits per heavy atom. The van der Waals surface area contributed by atoms with Gasteiger partial charge in [0.05, 0.1) is 0 Å². The molecule has 142 valence electrons. The Bertz CT molecular complexity index is 651. The molecule has 1 aromatic carbocycles. The molecule has 0 N–H and O–H groups in total. The van der Waals surface area contributed by atoms with Crippen molar-refractivity contribution in [2.24, 2.45) is 5.92 Å². The van der Waals surface area contributed by atoms with Crippen molar-refractivity contribution in [1.82, 2.24) is 0 Å². The van der Waals surface area contributed by atoms with Gasteiger partial charge in [0.25, 0.3) is 0 Å². The molecule has 3 rings (SSSR count). The Hall–Kier alpha value is -1.48. The Morgan fingerprint density at radius 2 is 1.69 bits per heavy atom. The summed E-state index contributed by atoms with van der Waals surface area (Å²) in [6.07, 6.45) is 9.09. The Labute approximate surface area is 156 Å². The first-order chi connectivity index (χ1) is 12.6. The van der Waals surface area contributed by atoms with Crippen molar-refractivity contribution < 1.29 is 13.5 Å². The van der Waals surface area contributed by atoms with Gasteiger partial charge in [0.1, 0.15) is 6.10 Å². The molecular weight excluding hydrogens is 330 g/mol. The van der Waals surface area contributed by atoms with Crippen LogP contribution in [0.3, 0.4) is 0 Å². The fourth-order valence-corrected chi connectivity index (χ4v) is 4.40. The average Bonchev–Trinajstić information content (AvgIpc) is 2.67. The van der Waals surface area contributed by atoms with Gasteiger partial charge in [-0.05, 0) is 62.0 Å². The summed E-state index contributed by atoms with van der Waals surface area (Å²) in [6.45, 7) is 4.43.